The first kappa shape index (κ1) is 20.0. The third-order valence-corrected chi connectivity index (χ3v) is 4.39. The Bertz CT molecular complexity index is 776. The summed E-state index contributed by atoms with van der Waals surface area (Å²) in [5.41, 5.74) is 2.45. The lowest BCUT2D eigenvalue weighted by molar-refractivity contribution is 0.0358. The Labute approximate surface area is 165 Å². The van der Waals surface area contributed by atoms with Gasteiger partial charge in [-0.05, 0) is 38.0 Å². The summed E-state index contributed by atoms with van der Waals surface area (Å²) in [6, 6.07) is 5.34. The van der Waals surface area contributed by atoms with Crippen LogP contribution >= 0.6 is 0 Å². The van der Waals surface area contributed by atoms with E-state index < -0.39 is 0 Å². The van der Waals surface area contributed by atoms with Gasteiger partial charge >= 0.3 is 6.03 Å². The molecule has 0 spiro atoms. The summed E-state index contributed by atoms with van der Waals surface area (Å²) in [4.78, 5) is 22.9. The smallest absolute Gasteiger partial charge is 0.324 e. The fraction of sp³-hybridized carbons (Fsp3) is 0.450. The van der Waals surface area contributed by atoms with Crippen molar-refractivity contribution in [3.8, 4) is 5.75 Å². The lowest BCUT2D eigenvalue weighted by Gasteiger charge is -2.26. The normalized spacial score (nSPS) is 14.5. The van der Waals surface area contributed by atoms with Crippen LogP contribution in [-0.2, 0) is 4.74 Å². The molecular weight excluding hydrogens is 358 g/mol. The van der Waals surface area contributed by atoms with Crippen molar-refractivity contribution in [3.63, 3.8) is 0 Å². The van der Waals surface area contributed by atoms with Gasteiger partial charge in [-0.1, -0.05) is 6.07 Å². The van der Waals surface area contributed by atoms with Crippen LogP contribution in [0.15, 0.2) is 30.6 Å². The molecule has 1 aromatic heterocycles. The molecule has 2 amide bonds. The maximum Gasteiger partial charge on any atom is 0.324 e. The molecule has 2 aromatic rings. The van der Waals surface area contributed by atoms with Crippen molar-refractivity contribution in [3.05, 3.63) is 41.9 Å². The van der Waals surface area contributed by atoms with E-state index in [0.717, 1.165) is 50.5 Å². The van der Waals surface area contributed by atoms with Gasteiger partial charge in [-0.15, -0.1) is 0 Å². The summed E-state index contributed by atoms with van der Waals surface area (Å²) >= 11 is 0. The Hall–Kier alpha value is -2.71. The summed E-state index contributed by atoms with van der Waals surface area (Å²) in [5, 5.41) is 5.51. The number of carbonyl (C=O) groups is 1. The molecule has 1 aromatic carbocycles. The Morgan fingerprint density at radius 1 is 1.18 bits per heavy atom. The maximum absolute atomic E-state index is 12.3. The number of carbonyl (C=O) groups excluding carboxylic acids is 1. The van der Waals surface area contributed by atoms with Gasteiger partial charge in [0.25, 0.3) is 0 Å². The first-order valence-electron chi connectivity index (χ1n) is 9.50. The van der Waals surface area contributed by atoms with Gasteiger partial charge < -0.3 is 14.8 Å². The number of amides is 2. The minimum Gasteiger partial charge on any atom is -0.491 e. The molecule has 2 N–H and O–H groups in total. The molecule has 8 nitrogen and oxygen atoms in total. The van der Waals surface area contributed by atoms with E-state index in [2.05, 4.69) is 25.5 Å². The number of hydrogen-bond donors (Lipinski definition) is 2. The van der Waals surface area contributed by atoms with Gasteiger partial charge in [0, 0.05) is 19.6 Å². The molecule has 0 atom stereocenters. The van der Waals surface area contributed by atoms with Crippen LogP contribution in [0.3, 0.4) is 0 Å². The number of rotatable bonds is 7. The molecule has 0 unspecified atom stereocenters. The number of urea groups is 1. The molecule has 1 aliphatic heterocycles. The average Bonchev–Trinajstić information content (AvgIpc) is 2.69. The summed E-state index contributed by atoms with van der Waals surface area (Å²) in [6.45, 7) is 8.91. The molecule has 0 bridgehead atoms. The highest BCUT2D eigenvalue weighted by atomic mass is 16.5. The van der Waals surface area contributed by atoms with Gasteiger partial charge in [-0.2, -0.15) is 0 Å². The standard InChI is InChI=1S/C20H27N5O3/c1-15-4-5-18(28-9-3-6-25-7-10-27-11-8-25)17(12-15)23-20(26)24-19-14-21-16(2)13-22-19/h4-5,12-14H,3,6-11H2,1-2H3,(H2,22,23,24,26). The molecule has 8 heteroatoms. The molecule has 2 heterocycles. The second-order valence-corrected chi connectivity index (χ2v) is 6.78. The number of aryl methyl sites for hydroxylation is 2. The number of benzene rings is 1. The lowest BCUT2D eigenvalue weighted by atomic mass is 10.2. The van der Waals surface area contributed by atoms with Crippen molar-refractivity contribution in [1.29, 1.82) is 0 Å². The number of morpholine rings is 1. The first-order chi connectivity index (χ1) is 13.6. The van der Waals surface area contributed by atoms with Crippen LogP contribution in [0.25, 0.3) is 0 Å². The lowest BCUT2D eigenvalue weighted by Crippen LogP contribution is -2.37. The molecule has 3 rings (SSSR count). The molecule has 0 aliphatic carbocycles. The van der Waals surface area contributed by atoms with Crippen LogP contribution in [-0.4, -0.2) is 60.4 Å². The largest absolute Gasteiger partial charge is 0.491 e. The quantitative estimate of drug-likeness (QED) is 0.713. The summed E-state index contributed by atoms with van der Waals surface area (Å²) in [7, 11) is 0. The van der Waals surface area contributed by atoms with E-state index in [-0.39, 0.29) is 6.03 Å². The Kier molecular flexibility index (Phi) is 7.16. The van der Waals surface area contributed by atoms with Crippen molar-refractivity contribution in [2.45, 2.75) is 20.3 Å². The topological polar surface area (TPSA) is 88.6 Å². The van der Waals surface area contributed by atoms with Gasteiger partial charge in [0.2, 0.25) is 0 Å². The number of anilines is 2. The highest BCUT2D eigenvalue weighted by Crippen LogP contribution is 2.26. The van der Waals surface area contributed by atoms with E-state index in [9.17, 15) is 4.79 Å². The highest BCUT2D eigenvalue weighted by molar-refractivity contribution is 6.00. The second kappa shape index (κ2) is 10.0. The van der Waals surface area contributed by atoms with Crippen LogP contribution < -0.4 is 15.4 Å². The summed E-state index contributed by atoms with van der Waals surface area (Å²) in [6.07, 6.45) is 4.04. The number of ether oxygens (including phenoxy) is 2. The van der Waals surface area contributed by atoms with Crippen LogP contribution in [0.2, 0.25) is 0 Å². The molecule has 28 heavy (non-hydrogen) atoms. The van der Waals surface area contributed by atoms with Crippen molar-refractivity contribution in [2.24, 2.45) is 0 Å². The van der Waals surface area contributed by atoms with Crippen LogP contribution in [0.1, 0.15) is 17.7 Å². The van der Waals surface area contributed by atoms with E-state index in [1.165, 1.54) is 6.20 Å². The SMILES string of the molecule is Cc1ccc(OCCCN2CCOCC2)c(NC(=O)Nc2cnc(C)cn2)c1. The predicted molar refractivity (Wildman–Crippen MR) is 108 cm³/mol. The van der Waals surface area contributed by atoms with Crippen molar-refractivity contribution >= 4 is 17.5 Å². The molecule has 1 fully saturated rings. The Balaban J connectivity index is 1.52. The zero-order valence-electron chi connectivity index (χ0n) is 16.4. The van der Waals surface area contributed by atoms with E-state index in [1.807, 2.05) is 32.0 Å². The number of nitrogens with zero attached hydrogens (tertiary/aromatic N) is 3. The minimum atomic E-state index is -0.387. The monoisotopic (exact) mass is 385 g/mol. The fourth-order valence-corrected chi connectivity index (χ4v) is 2.89. The zero-order valence-corrected chi connectivity index (χ0v) is 16.4. The minimum absolute atomic E-state index is 0.387. The third-order valence-electron chi connectivity index (χ3n) is 4.39. The number of aromatic nitrogens is 2. The van der Waals surface area contributed by atoms with Crippen LogP contribution in [0.4, 0.5) is 16.3 Å². The predicted octanol–water partition coefficient (Wildman–Crippen LogP) is 2.84. The second-order valence-electron chi connectivity index (χ2n) is 6.78. The Morgan fingerprint density at radius 2 is 2.00 bits per heavy atom. The molecule has 0 radical (unpaired) electrons. The Morgan fingerprint density at radius 3 is 2.75 bits per heavy atom. The van der Waals surface area contributed by atoms with Gasteiger partial charge in [0.1, 0.15) is 5.75 Å². The molecule has 1 saturated heterocycles. The van der Waals surface area contributed by atoms with Crippen LogP contribution in [0, 0.1) is 13.8 Å². The third kappa shape index (κ3) is 6.17. The average molecular weight is 385 g/mol. The molecular formula is C20H27N5O3. The fourth-order valence-electron chi connectivity index (χ4n) is 2.89. The summed E-state index contributed by atoms with van der Waals surface area (Å²) in [5.74, 6) is 1.04. The van der Waals surface area contributed by atoms with Crippen molar-refractivity contribution in [2.75, 3.05) is 50.1 Å². The van der Waals surface area contributed by atoms with Crippen molar-refractivity contribution < 1.29 is 14.3 Å². The number of hydrogen-bond acceptors (Lipinski definition) is 6. The zero-order chi connectivity index (χ0) is 19.8. The molecule has 1 aliphatic rings. The molecule has 0 saturated carbocycles. The van der Waals surface area contributed by atoms with E-state index >= 15 is 0 Å². The maximum atomic E-state index is 12.3. The molecule has 150 valence electrons. The van der Waals surface area contributed by atoms with Gasteiger partial charge in [0.15, 0.2) is 5.82 Å². The van der Waals surface area contributed by atoms with Gasteiger partial charge in [-0.3, -0.25) is 15.2 Å². The summed E-state index contributed by atoms with van der Waals surface area (Å²) < 4.78 is 11.3. The number of nitrogens with one attached hydrogen (secondary N) is 2. The van der Waals surface area contributed by atoms with Gasteiger partial charge in [-0.25, -0.2) is 9.78 Å². The van der Waals surface area contributed by atoms with E-state index in [1.54, 1.807) is 6.20 Å². The van der Waals surface area contributed by atoms with Crippen LogP contribution in [0.5, 0.6) is 5.75 Å². The van der Waals surface area contributed by atoms with Crippen molar-refractivity contribution in [1.82, 2.24) is 14.9 Å². The van der Waals surface area contributed by atoms with E-state index in [0.29, 0.717) is 23.9 Å². The highest BCUT2D eigenvalue weighted by Gasteiger charge is 2.11. The first-order valence-corrected chi connectivity index (χ1v) is 9.50. The van der Waals surface area contributed by atoms with E-state index in [4.69, 9.17) is 9.47 Å². The van der Waals surface area contributed by atoms with Gasteiger partial charge in [0.05, 0.1) is 43.6 Å².